The summed E-state index contributed by atoms with van der Waals surface area (Å²) in [5.74, 6) is 0. The van der Waals surface area contributed by atoms with E-state index in [0.29, 0.717) is 0 Å². The highest BCUT2D eigenvalue weighted by molar-refractivity contribution is 5.99. The molecule has 9 aromatic carbocycles. The SMILES string of the molecule is c1ccc(-c2ccc(N(c3ccccc3-c3cccc(-c4cccc5ccccc45)c3)c3ccccc3-c3ccccc3-c3ccccc3)cc2)cc1. The minimum Gasteiger partial charge on any atom is -0.309 e. The number of fused-ring (bicyclic) bond motifs is 1. The first-order chi connectivity index (χ1) is 26.3. The zero-order chi connectivity index (χ0) is 35.4. The molecule has 9 aromatic rings. The van der Waals surface area contributed by atoms with E-state index < -0.39 is 0 Å². The smallest absolute Gasteiger partial charge is 0.0540 e. The zero-order valence-electron chi connectivity index (χ0n) is 29.3. The van der Waals surface area contributed by atoms with E-state index in [1.807, 2.05) is 0 Å². The number of nitrogens with zero attached hydrogens (tertiary/aromatic N) is 1. The average molecular weight is 676 g/mol. The summed E-state index contributed by atoms with van der Waals surface area (Å²) in [7, 11) is 0. The van der Waals surface area contributed by atoms with Crippen molar-refractivity contribution in [1.82, 2.24) is 0 Å². The van der Waals surface area contributed by atoms with Gasteiger partial charge in [-0.05, 0) is 85.6 Å². The largest absolute Gasteiger partial charge is 0.309 e. The van der Waals surface area contributed by atoms with E-state index in [4.69, 9.17) is 0 Å². The number of benzene rings is 9. The second-order valence-electron chi connectivity index (χ2n) is 13.3. The van der Waals surface area contributed by atoms with Crippen molar-refractivity contribution >= 4 is 27.8 Å². The summed E-state index contributed by atoms with van der Waals surface area (Å²) in [5, 5.41) is 2.50. The molecule has 1 heteroatoms. The van der Waals surface area contributed by atoms with Crippen molar-refractivity contribution < 1.29 is 0 Å². The molecule has 0 N–H and O–H groups in total. The number of rotatable bonds is 8. The van der Waals surface area contributed by atoms with Crippen molar-refractivity contribution in [1.29, 1.82) is 0 Å². The van der Waals surface area contributed by atoms with E-state index in [1.165, 1.54) is 60.8 Å². The van der Waals surface area contributed by atoms with Gasteiger partial charge in [0.2, 0.25) is 0 Å². The molecule has 0 aliphatic carbocycles. The summed E-state index contributed by atoms with van der Waals surface area (Å²) in [4.78, 5) is 2.44. The molecule has 9 rings (SSSR count). The topological polar surface area (TPSA) is 3.24 Å². The van der Waals surface area contributed by atoms with Gasteiger partial charge < -0.3 is 4.90 Å². The quantitative estimate of drug-likeness (QED) is 0.155. The van der Waals surface area contributed by atoms with Crippen LogP contribution in [0.25, 0.3) is 66.4 Å². The van der Waals surface area contributed by atoms with Crippen molar-refractivity contribution in [3.05, 3.63) is 224 Å². The third kappa shape index (κ3) is 6.30. The van der Waals surface area contributed by atoms with Gasteiger partial charge in [-0.2, -0.15) is 0 Å². The molecule has 0 spiro atoms. The van der Waals surface area contributed by atoms with E-state index in [-0.39, 0.29) is 0 Å². The summed E-state index contributed by atoms with van der Waals surface area (Å²) >= 11 is 0. The molecular weight excluding hydrogens is 639 g/mol. The molecule has 0 bridgehead atoms. The normalized spacial score (nSPS) is 11.0. The lowest BCUT2D eigenvalue weighted by molar-refractivity contribution is 1.28. The van der Waals surface area contributed by atoms with Gasteiger partial charge in [0.25, 0.3) is 0 Å². The highest BCUT2D eigenvalue weighted by atomic mass is 15.1. The van der Waals surface area contributed by atoms with Gasteiger partial charge in [-0.1, -0.05) is 194 Å². The molecule has 0 fully saturated rings. The van der Waals surface area contributed by atoms with E-state index >= 15 is 0 Å². The average Bonchev–Trinajstić information content (AvgIpc) is 3.25. The van der Waals surface area contributed by atoms with E-state index in [1.54, 1.807) is 0 Å². The lowest BCUT2D eigenvalue weighted by Gasteiger charge is -2.30. The van der Waals surface area contributed by atoms with Crippen LogP contribution in [-0.2, 0) is 0 Å². The predicted octanol–water partition coefficient (Wildman–Crippen LogP) is 14.6. The van der Waals surface area contributed by atoms with Crippen LogP contribution in [0.15, 0.2) is 224 Å². The maximum atomic E-state index is 2.44. The Morgan fingerprint density at radius 3 is 1.43 bits per heavy atom. The molecule has 0 heterocycles. The van der Waals surface area contributed by atoms with Crippen LogP contribution >= 0.6 is 0 Å². The fourth-order valence-electron chi connectivity index (χ4n) is 7.57. The molecular formula is C52H37N. The summed E-state index contributed by atoms with van der Waals surface area (Å²) < 4.78 is 0. The van der Waals surface area contributed by atoms with Gasteiger partial charge in [-0.3, -0.25) is 0 Å². The Balaban J connectivity index is 1.24. The monoisotopic (exact) mass is 675 g/mol. The zero-order valence-corrected chi connectivity index (χ0v) is 29.3. The third-order valence-electron chi connectivity index (χ3n) is 10.1. The minimum atomic E-state index is 1.09. The Hall–Kier alpha value is -6.96. The Morgan fingerprint density at radius 1 is 0.245 bits per heavy atom. The van der Waals surface area contributed by atoms with Crippen molar-refractivity contribution in [3.63, 3.8) is 0 Å². The Labute approximate surface area is 311 Å². The molecule has 0 saturated carbocycles. The summed E-state index contributed by atoms with van der Waals surface area (Å²) in [6.07, 6.45) is 0. The molecule has 1 nitrogen and oxygen atoms in total. The lowest BCUT2D eigenvalue weighted by atomic mass is 9.92. The standard InChI is InChI=1S/C52H37N/c1-3-17-38(18-4-1)39-33-35-44(36-34-39)53(52-32-14-12-29-50(52)49-28-10-9-26-46(49)40-19-5-2-6-20-40)51-31-13-11-27-48(51)43-24-15-23-42(37-43)47-30-16-22-41-21-7-8-25-45(41)47/h1-37H. The summed E-state index contributed by atoms with van der Waals surface area (Å²) in [6.45, 7) is 0. The van der Waals surface area contributed by atoms with Gasteiger partial charge in [-0.25, -0.2) is 0 Å². The van der Waals surface area contributed by atoms with Crippen LogP contribution in [0.5, 0.6) is 0 Å². The Kier molecular flexibility index (Phi) is 8.66. The van der Waals surface area contributed by atoms with Crippen molar-refractivity contribution in [3.8, 4) is 55.6 Å². The van der Waals surface area contributed by atoms with E-state index in [9.17, 15) is 0 Å². The first-order valence-corrected chi connectivity index (χ1v) is 18.2. The first-order valence-electron chi connectivity index (χ1n) is 18.2. The Morgan fingerprint density at radius 2 is 0.698 bits per heavy atom. The molecule has 250 valence electrons. The van der Waals surface area contributed by atoms with Crippen LogP contribution in [0.4, 0.5) is 17.1 Å². The van der Waals surface area contributed by atoms with Crippen LogP contribution < -0.4 is 4.90 Å². The van der Waals surface area contributed by atoms with Gasteiger partial charge in [0.15, 0.2) is 0 Å². The summed E-state index contributed by atoms with van der Waals surface area (Å²) in [5.41, 5.74) is 15.2. The first kappa shape index (κ1) is 32.0. The molecule has 0 atom stereocenters. The lowest BCUT2D eigenvalue weighted by Crippen LogP contribution is -2.12. The molecule has 0 unspecified atom stereocenters. The fourth-order valence-corrected chi connectivity index (χ4v) is 7.57. The van der Waals surface area contributed by atoms with E-state index in [2.05, 4.69) is 229 Å². The maximum Gasteiger partial charge on any atom is 0.0540 e. The van der Waals surface area contributed by atoms with Crippen LogP contribution in [0.1, 0.15) is 0 Å². The molecule has 0 aromatic heterocycles. The molecule has 0 amide bonds. The van der Waals surface area contributed by atoms with Gasteiger partial charge in [0.05, 0.1) is 11.4 Å². The number of hydrogen-bond donors (Lipinski definition) is 0. The van der Waals surface area contributed by atoms with Gasteiger partial charge >= 0.3 is 0 Å². The number of para-hydroxylation sites is 2. The predicted molar refractivity (Wildman–Crippen MR) is 226 cm³/mol. The second-order valence-corrected chi connectivity index (χ2v) is 13.3. The molecule has 0 aliphatic rings. The fraction of sp³-hybridized carbons (Fsp3) is 0. The Bertz CT molecular complexity index is 2650. The van der Waals surface area contributed by atoms with Crippen LogP contribution in [0.3, 0.4) is 0 Å². The third-order valence-corrected chi connectivity index (χ3v) is 10.1. The molecule has 53 heavy (non-hydrogen) atoms. The number of hydrogen-bond acceptors (Lipinski definition) is 1. The highest BCUT2D eigenvalue weighted by Gasteiger charge is 2.22. The molecule has 0 aliphatic heterocycles. The van der Waals surface area contributed by atoms with Crippen LogP contribution in [-0.4, -0.2) is 0 Å². The minimum absolute atomic E-state index is 1.09. The van der Waals surface area contributed by atoms with Gasteiger partial charge in [0, 0.05) is 16.8 Å². The van der Waals surface area contributed by atoms with E-state index in [0.717, 1.165) is 22.6 Å². The van der Waals surface area contributed by atoms with Crippen molar-refractivity contribution in [2.75, 3.05) is 4.90 Å². The molecule has 0 saturated heterocycles. The van der Waals surface area contributed by atoms with Crippen LogP contribution in [0, 0.1) is 0 Å². The highest BCUT2D eigenvalue weighted by Crippen LogP contribution is 2.47. The number of anilines is 3. The maximum absolute atomic E-state index is 2.44. The van der Waals surface area contributed by atoms with Crippen molar-refractivity contribution in [2.45, 2.75) is 0 Å². The van der Waals surface area contributed by atoms with Gasteiger partial charge in [0.1, 0.15) is 0 Å². The summed E-state index contributed by atoms with van der Waals surface area (Å²) in [6, 6.07) is 80.8. The van der Waals surface area contributed by atoms with Crippen LogP contribution in [0.2, 0.25) is 0 Å². The second kappa shape index (κ2) is 14.3. The van der Waals surface area contributed by atoms with Gasteiger partial charge in [-0.15, -0.1) is 0 Å². The molecule has 0 radical (unpaired) electrons. The van der Waals surface area contributed by atoms with Crippen molar-refractivity contribution in [2.24, 2.45) is 0 Å².